The fraction of sp³-hybridized carbons (Fsp3) is 1.00. The topological polar surface area (TPSA) is 32.3 Å². The summed E-state index contributed by atoms with van der Waals surface area (Å²) in [5, 5.41) is 11.2. The smallest absolute Gasteiger partial charge is 0.104 e. The van der Waals surface area contributed by atoms with Crippen molar-refractivity contribution in [2.75, 3.05) is 7.05 Å². The average molecular weight is 170 g/mol. The van der Waals surface area contributed by atoms with Crippen LogP contribution < -0.4 is 5.32 Å². The van der Waals surface area contributed by atoms with Crippen LogP contribution in [-0.2, 0) is 0 Å². The molecule has 0 aliphatic carbocycles. The van der Waals surface area contributed by atoms with Gasteiger partial charge in [0.05, 0.1) is 0 Å². The first-order valence-corrected chi connectivity index (χ1v) is 2.16. The van der Waals surface area contributed by atoms with Gasteiger partial charge in [-0.2, -0.15) is 0 Å². The Morgan fingerprint density at radius 1 is 1.71 bits per heavy atom. The minimum atomic E-state index is -0.315. The van der Waals surface area contributed by atoms with Gasteiger partial charge in [-0.05, 0) is 13.5 Å². The Kier molecular flexibility index (Phi) is 9.50. The third kappa shape index (κ3) is 6.40. The lowest BCUT2D eigenvalue weighted by molar-refractivity contribution is 0.143. The highest BCUT2D eigenvalue weighted by Crippen LogP contribution is 1.77. The van der Waals surface area contributed by atoms with Crippen LogP contribution in [0.25, 0.3) is 0 Å². The van der Waals surface area contributed by atoms with Crippen LogP contribution in [0.3, 0.4) is 0 Å². The van der Waals surface area contributed by atoms with E-state index in [4.69, 9.17) is 5.11 Å². The average Bonchev–Trinajstić information content (AvgIpc) is 1.65. The van der Waals surface area contributed by atoms with Crippen molar-refractivity contribution >= 4 is 17.0 Å². The van der Waals surface area contributed by atoms with Crippen LogP contribution in [0, 0.1) is 0 Å². The molecule has 0 radical (unpaired) electrons. The monoisotopic (exact) mass is 169 g/mol. The van der Waals surface area contributed by atoms with E-state index in [0.717, 1.165) is 6.42 Å². The lowest BCUT2D eigenvalue weighted by Gasteiger charge is -2.01. The van der Waals surface area contributed by atoms with Crippen molar-refractivity contribution < 1.29 is 5.11 Å². The van der Waals surface area contributed by atoms with E-state index >= 15 is 0 Å². The van der Waals surface area contributed by atoms with E-state index in [9.17, 15) is 0 Å². The third-order valence-corrected chi connectivity index (χ3v) is 0.720. The van der Waals surface area contributed by atoms with Gasteiger partial charge in [0.15, 0.2) is 0 Å². The van der Waals surface area contributed by atoms with Crippen LogP contribution in [-0.4, -0.2) is 18.4 Å². The predicted octanol–water partition coefficient (Wildman–Crippen LogP) is 0.512. The number of nitrogens with one attached hydrogen (secondary N) is 1. The quantitative estimate of drug-likeness (QED) is 0.592. The van der Waals surface area contributed by atoms with Gasteiger partial charge in [-0.1, -0.05) is 6.92 Å². The minimum Gasteiger partial charge on any atom is -0.379 e. The molecule has 0 aliphatic rings. The molecule has 1 unspecified atom stereocenters. The molecule has 0 aromatic carbocycles. The molecule has 0 rings (SSSR count). The molecule has 1 atom stereocenters. The van der Waals surface area contributed by atoms with Crippen LogP contribution in [0.15, 0.2) is 0 Å². The van der Waals surface area contributed by atoms with E-state index in [0.29, 0.717) is 0 Å². The van der Waals surface area contributed by atoms with Gasteiger partial charge >= 0.3 is 0 Å². The van der Waals surface area contributed by atoms with Gasteiger partial charge in [-0.25, -0.2) is 0 Å². The molecule has 2 nitrogen and oxygen atoms in total. The Labute approximate surface area is 54.7 Å². The maximum atomic E-state index is 8.56. The van der Waals surface area contributed by atoms with E-state index < -0.39 is 0 Å². The fourth-order valence-corrected chi connectivity index (χ4v) is 0.204. The molecule has 2 N–H and O–H groups in total. The van der Waals surface area contributed by atoms with Crippen molar-refractivity contribution in [1.29, 1.82) is 0 Å². The zero-order valence-corrected chi connectivity index (χ0v) is 6.35. The maximum Gasteiger partial charge on any atom is 0.104 e. The van der Waals surface area contributed by atoms with Gasteiger partial charge in [0.2, 0.25) is 0 Å². The van der Waals surface area contributed by atoms with Gasteiger partial charge in [0, 0.05) is 0 Å². The summed E-state index contributed by atoms with van der Waals surface area (Å²) >= 11 is 0. The van der Waals surface area contributed by atoms with Crippen LogP contribution in [0.2, 0.25) is 0 Å². The molecule has 46 valence electrons. The van der Waals surface area contributed by atoms with Crippen LogP contribution in [0.4, 0.5) is 0 Å². The number of hydrogen-bond acceptors (Lipinski definition) is 2. The van der Waals surface area contributed by atoms with Gasteiger partial charge in [0.1, 0.15) is 6.23 Å². The van der Waals surface area contributed by atoms with E-state index in [2.05, 4.69) is 5.32 Å². The van der Waals surface area contributed by atoms with Gasteiger partial charge in [0.25, 0.3) is 0 Å². The van der Waals surface area contributed by atoms with Crippen molar-refractivity contribution in [3.63, 3.8) is 0 Å². The molecule has 0 saturated heterocycles. The number of aliphatic hydroxyl groups is 1. The summed E-state index contributed by atoms with van der Waals surface area (Å²) in [7, 11) is 1.73. The zero-order chi connectivity index (χ0) is 4.99. The molecule has 0 heterocycles. The standard InChI is InChI=1S/C4H11NO.BrH/c1-3-4(6)5-2;/h4-6H,3H2,1-2H3;1H. The summed E-state index contributed by atoms with van der Waals surface area (Å²) < 4.78 is 0. The molecule has 0 spiro atoms. The lowest BCUT2D eigenvalue weighted by Crippen LogP contribution is -2.22. The van der Waals surface area contributed by atoms with E-state index in [1.807, 2.05) is 6.92 Å². The summed E-state index contributed by atoms with van der Waals surface area (Å²) in [6, 6.07) is 0. The van der Waals surface area contributed by atoms with E-state index in [1.165, 1.54) is 0 Å². The lowest BCUT2D eigenvalue weighted by atomic mass is 10.4. The van der Waals surface area contributed by atoms with Crippen molar-refractivity contribution in [2.24, 2.45) is 0 Å². The van der Waals surface area contributed by atoms with E-state index in [-0.39, 0.29) is 23.2 Å². The van der Waals surface area contributed by atoms with Crippen LogP contribution >= 0.6 is 17.0 Å². The van der Waals surface area contributed by atoms with Gasteiger partial charge < -0.3 is 5.11 Å². The second kappa shape index (κ2) is 6.40. The minimum absolute atomic E-state index is 0. The molecular weight excluding hydrogens is 158 g/mol. The van der Waals surface area contributed by atoms with Crippen molar-refractivity contribution in [2.45, 2.75) is 19.6 Å². The van der Waals surface area contributed by atoms with Gasteiger partial charge in [-0.15, -0.1) is 17.0 Å². The highest BCUT2D eigenvalue weighted by molar-refractivity contribution is 8.93. The Morgan fingerprint density at radius 2 is 2.14 bits per heavy atom. The Hall–Kier alpha value is 0.400. The Morgan fingerprint density at radius 3 is 2.14 bits per heavy atom. The summed E-state index contributed by atoms with van der Waals surface area (Å²) in [5.74, 6) is 0. The van der Waals surface area contributed by atoms with Crippen molar-refractivity contribution in [3.8, 4) is 0 Å². The third-order valence-electron chi connectivity index (χ3n) is 0.720. The van der Waals surface area contributed by atoms with Crippen LogP contribution in [0.1, 0.15) is 13.3 Å². The highest BCUT2D eigenvalue weighted by Gasteiger charge is 1.88. The second-order valence-corrected chi connectivity index (χ2v) is 1.21. The summed E-state index contributed by atoms with van der Waals surface area (Å²) in [4.78, 5) is 0. The predicted molar refractivity (Wildman–Crippen MR) is 35.7 cm³/mol. The molecule has 3 heteroatoms. The van der Waals surface area contributed by atoms with Crippen molar-refractivity contribution in [3.05, 3.63) is 0 Å². The molecular formula is C4H12BrNO. The first-order chi connectivity index (χ1) is 2.81. The summed E-state index contributed by atoms with van der Waals surface area (Å²) in [6.07, 6.45) is 0.459. The van der Waals surface area contributed by atoms with Gasteiger partial charge in [-0.3, -0.25) is 5.32 Å². The maximum absolute atomic E-state index is 8.56. The molecule has 0 aromatic heterocycles. The van der Waals surface area contributed by atoms with Crippen LogP contribution in [0.5, 0.6) is 0 Å². The molecule has 0 fully saturated rings. The molecule has 0 amide bonds. The second-order valence-electron chi connectivity index (χ2n) is 1.21. The fourth-order valence-electron chi connectivity index (χ4n) is 0.204. The largest absolute Gasteiger partial charge is 0.379 e. The Balaban J connectivity index is 0. The molecule has 0 bridgehead atoms. The molecule has 7 heavy (non-hydrogen) atoms. The number of halogens is 1. The summed E-state index contributed by atoms with van der Waals surface area (Å²) in [5.41, 5.74) is 0. The SMILES string of the molecule is Br.CCC(O)NC. The number of aliphatic hydroxyl groups excluding tert-OH is 1. The first-order valence-electron chi connectivity index (χ1n) is 2.16. The first kappa shape index (κ1) is 10.4. The number of hydrogen-bond donors (Lipinski definition) is 2. The van der Waals surface area contributed by atoms with E-state index in [1.54, 1.807) is 7.05 Å². The summed E-state index contributed by atoms with van der Waals surface area (Å²) in [6.45, 7) is 1.92. The number of rotatable bonds is 2. The highest BCUT2D eigenvalue weighted by atomic mass is 79.9. The Bertz CT molecular complexity index is 30.9. The molecule has 0 saturated carbocycles. The molecule has 0 aliphatic heterocycles. The van der Waals surface area contributed by atoms with Crippen molar-refractivity contribution in [1.82, 2.24) is 5.32 Å². The molecule has 0 aromatic rings. The normalized spacial score (nSPS) is 12.4. The zero-order valence-electron chi connectivity index (χ0n) is 4.64.